The van der Waals surface area contributed by atoms with E-state index in [4.69, 9.17) is 0 Å². The summed E-state index contributed by atoms with van der Waals surface area (Å²) < 4.78 is 2.01. The number of halogens is 4. The second kappa shape index (κ2) is 7.31. The van der Waals surface area contributed by atoms with Crippen LogP contribution >= 0.6 is 63.7 Å². The number of rotatable bonds is 5. The second-order valence-electron chi connectivity index (χ2n) is 6.02. The Hall–Kier alpha value is 0.360. The van der Waals surface area contributed by atoms with Crippen molar-refractivity contribution >= 4 is 63.7 Å². The Morgan fingerprint density at radius 3 is 2.39 bits per heavy atom. The molecule has 0 saturated heterocycles. The Morgan fingerprint density at radius 1 is 0.913 bits per heavy atom. The minimum atomic E-state index is -0.307. The fourth-order valence-electron chi connectivity index (χ4n) is 3.32. The van der Waals surface area contributed by atoms with Crippen LogP contribution in [0.5, 0.6) is 0 Å². The number of unbranched alkanes of at least 4 members (excludes halogenated alkanes) is 3. The van der Waals surface area contributed by atoms with E-state index in [-0.39, 0.29) is 3.23 Å². The molecule has 0 spiro atoms. The van der Waals surface area contributed by atoms with Gasteiger partial charge in [-0.05, 0) is 58.9 Å². The molecule has 0 aromatic heterocycles. The highest BCUT2D eigenvalue weighted by Crippen LogP contribution is 2.58. The average Bonchev–Trinajstić information content (AvgIpc) is 2.73. The fourth-order valence-corrected chi connectivity index (χ4v) is 5.78. The topological polar surface area (TPSA) is 0 Å². The largest absolute Gasteiger partial charge is 0.132 e. The lowest BCUT2D eigenvalue weighted by atomic mass is 9.97. The van der Waals surface area contributed by atoms with E-state index in [2.05, 4.69) is 101 Å². The third kappa shape index (κ3) is 3.38. The highest BCUT2D eigenvalue weighted by Gasteiger charge is 2.41. The zero-order chi connectivity index (χ0) is 16.6. The molecule has 2 aromatic carbocycles. The molecule has 0 heterocycles. The van der Waals surface area contributed by atoms with Crippen molar-refractivity contribution in [3.8, 4) is 11.1 Å². The summed E-state index contributed by atoms with van der Waals surface area (Å²) >= 11 is 15.3. The molecule has 0 amide bonds. The van der Waals surface area contributed by atoms with Gasteiger partial charge in [-0.3, -0.25) is 0 Å². The van der Waals surface area contributed by atoms with Gasteiger partial charge in [0.15, 0.2) is 0 Å². The summed E-state index contributed by atoms with van der Waals surface area (Å²) in [5.74, 6) is 0. The molecule has 4 heteroatoms. The molecule has 0 fully saturated rings. The van der Waals surface area contributed by atoms with Crippen molar-refractivity contribution in [2.45, 2.75) is 42.3 Å². The predicted molar refractivity (Wildman–Crippen MR) is 114 cm³/mol. The van der Waals surface area contributed by atoms with Crippen molar-refractivity contribution in [2.75, 3.05) is 0 Å². The van der Waals surface area contributed by atoms with Gasteiger partial charge in [0.25, 0.3) is 0 Å². The Balaban J connectivity index is 2.07. The zero-order valence-electron chi connectivity index (χ0n) is 12.9. The quantitative estimate of drug-likeness (QED) is 0.253. The van der Waals surface area contributed by atoms with E-state index in [1.54, 1.807) is 0 Å². The van der Waals surface area contributed by atoms with Gasteiger partial charge in [-0.1, -0.05) is 102 Å². The van der Waals surface area contributed by atoms with Crippen molar-refractivity contribution in [1.29, 1.82) is 0 Å². The van der Waals surface area contributed by atoms with E-state index < -0.39 is 0 Å². The van der Waals surface area contributed by atoms with Crippen molar-refractivity contribution < 1.29 is 0 Å². The first-order valence-corrected chi connectivity index (χ1v) is 11.1. The smallest absolute Gasteiger partial charge is 0.0654 e. The van der Waals surface area contributed by atoms with Gasteiger partial charge in [0, 0.05) is 8.95 Å². The first-order chi connectivity index (χ1) is 11.0. The fraction of sp³-hybridized carbons (Fsp3) is 0.368. The molecular formula is C19H18Br4. The Kier molecular flexibility index (Phi) is 5.77. The summed E-state index contributed by atoms with van der Waals surface area (Å²) in [4.78, 5) is 0. The standard InChI is InChI=1S/C19H18Br4/c1-2-3-4-5-6-15-17(21)10-9-14-13-8-7-12(20)11-16(13)19(22,23)18(14)15/h7-11H,2-6H2,1H3. The molecule has 0 saturated carbocycles. The highest BCUT2D eigenvalue weighted by molar-refractivity contribution is 9.25. The highest BCUT2D eigenvalue weighted by atomic mass is 79.9. The molecule has 23 heavy (non-hydrogen) atoms. The Bertz CT molecular complexity index is 734. The predicted octanol–water partition coefficient (Wildman–Crippen LogP) is 8.31. The maximum atomic E-state index is 3.96. The van der Waals surface area contributed by atoms with Crippen LogP contribution in [0.25, 0.3) is 11.1 Å². The molecule has 0 nitrogen and oxygen atoms in total. The van der Waals surface area contributed by atoms with Crippen molar-refractivity contribution in [3.05, 3.63) is 56.0 Å². The molecule has 122 valence electrons. The van der Waals surface area contributed by atoms with E-state index in [0.717, 1.165) is 10.9 Å². The van der Waals surface area contributed by atoms with Crippen LogP contribution in [0.4, 0.5) is 0 Å². The van der Waals surface area contributed by atoms with Crippen molar-refractivity contribution in [1.82, 2.24) is 0 Å². The van der Waals surface area contributed by atoms with Crippen LogP contribution in [-0.4, -0.2) is 0 Å². The monoisotopic (exact) mass is 562 g/mol. The second-order valence-corrected chi connectivity index (χ2v) is 11.2. The number of fused-ring (bicyclic) bond motifs is 3. The van der Waals surface area contributed by atoms with Gasteiger partial charge in [0.05, 0.1) is 0 Å². The van der Waals surface area contributed by atoms with Gasteiger partial charge in [-0.2, -0.15) is 0 Å². The minimum Gasteiger partial charge on any atom is -0.0654 e. The third-order valence-corrected chi connectivity index (χ3v) is 7.34. The third-order valence-electron chi connectivity index (χ3n) is 4.46. The Labute approximate surface area is 172 Å². The summed E-state index contributed by atoms with van der Waals surface area (Å²) in [6, 6.07) is 10.9. The molecule has 0 bridgehead atoms. The molecule has 0 unspecified atom stereocenters. The lowest BCUT2D eigenvalue weighted by molar-refractivity contribution is 0.664. The van der Waals surface area contributed by atoms with E-state index >= 15 is 0 Å². The Morgan fingerprint density at radius 2 is 1.65 bits per heavy atom. The van der Waals surface area contributed by atoms with Crippen LogP contribution in [0.3, 0.4) is 0 Å². The molecular weight excluding hydrogens is 548 g/mol. The summed E-state index contributed by atoms with van der Waals surface area (Å²) in [7, 11) is 0. The lowest BCUT2D eigenvalue weighted by Gasteiger charge is -2.21. The lowest BCUT2D eigenvalue weighted by Crippen LogP contribution is -2.10. The number of alkyl halides is 2. The molecule has 0 radical (unpaired) electrons. The average molecular weight is 566 g/mol. The molecule has 1 aliphatic carbocycles. The molecule has 1 aliphatic rings. The van der Waals surface area contributed by atoms with Crippen LogP contribution in [-0.2, 0) is 9.65 Å². The van der Waals surface area contributed by atoms with Crippen LogP contribution in [0.1, 0.15) is 49.3 Å². The van der Waals surface area contributed by atoms with Gasteiger partial charge in [0.1, 0.15) is 3.23 Å². The summed E-state index contributed by atoms with van der Waals surface area (Å²) in [6.45, 7) is 2.26. The molecule has 2 aromatic rings. The molecule has 0 N–H and O–H groups in total. The first-order valence-electron chi connectivity index (χ1n) is 7.97. The number of benzene rings is 2. The van der Waals surface area contributed by atoms with Crippen LogP contribution in [0, 0.1) is 0 Å². The van der Waals surface area contributed by atoms with E-state index in [9.17, 15) is 0 Å². The van der Waals surface area contributed by atoms with Gasteiger partial charge in [-0.25, -0.2) is 0 Å². The van der Waals surface area contributed by atoms with Crippen LogP contribution < -0.4 is 0 Å². The maximum absolute atomic E-state index is 3.96. The van der Waals surface area contributed by atoms with Gasteiger partial charge >= 0.3 is 0 Å². The molecule has 0 atom stereocenters. The molecule has 0 aliphatic heterocycles. The summed E-state index contributed by atoms with van der Waals surface area (Å²) in [6.07, 6.45) is 6.22. The van der Waals surface area contributed by atoms with Gasteiger partial charge in [0.2, 0.25) is 0 Å². The van der Waals surface area contributed by atoms with E-state index in [1.807, 2.05) is 0 Å². The number of hydrogen-bond donors (Lipinski definition) is 0. The first kappa shape index (κ1) is 18.2. The van der Waals surface area contributed by atoms with Crippen LogP contribution in [0.2, 0.25) is 0 Å². The van der Waals surface area contributed by atoms with E-state index in [0.29, 0.717) is 0 Å². The van der Waals surface area contributed by atoms with Crippen molar-refractivity contribution in [3.63, 3.8) is 0 Å². The normalized spacial score (nSPS) is 14.7. The summed E-state index contributed by atoms with van der Waals surface area (Å²) in [5, 5.41) is 0. The SMILES string of the molecule is CCCCCCc1c(Br)ccc2c1C(Br)(Br)c1cc(Br)ccc1-2. The zero-order valence-corrected chi connectivity index (χ0v) is 19.3. The van der Waals surface area contributed by atoms with Crippen LogP contribution in [0.15, 0.2) is 39.3 Å². The van der Waals surface area contributed by atoms with Gasteiger partial charge < -0.3 is 0 Å². The van der Waals surface area contributed by atoms with E-state index in [1.165, 1.54) is 58.0 Å². The van der Waals surface area contributed by atoms with Crippen molar-refractivity contribution in [2.24, 2.45) is 0 Å². The number of hydrogen-bond acceptors (Lipinski definition) is 0. The maximum Gasteiger partial charge on any atom is 0.132 e. The molecule has 3 rings (SSSR count). The van der Waals surface area contributed by atoms with Gasteiger partial charge in [-0.15, -0.1) is 0 Å². The summed E-state index contributed by atoms with van der Waals surface area (Å²) in [5.41, 5.74) is 6.68. The minimum absolute atomic E-state index is 0.307.